The Morgan fingerprint density at radius 2 is 2.00 bits per heavy atom. The molecule has 19 heavy (non-hydrogen) atoms. The lowest BCUT2D eigenvalue weighted by Crippen LogP contribution is -2.12. The van der Waals surface area contributed by atoms with Crippen molar-refractivity contribution >= 4 is 29.5 Å². The molecule has 0 atom stereocenters. The van der Waals surface area contributed by atoms with Crippen LogP contribution in [0.2, 0.25) is 5.02 Å². The standard InChI is InChI=1S/C14H9ClFNO2/c15-13-7-10(16)4-5-12(13)14(19)17-11-3-1-2-9(6-11)8-18/h1-8H,(H,17,19). The molecule has 2 aromatic rings. The highest BCUT2D eigenvalue weighted by Gasteiger charge is 2.11. The van der Waals surface area contributed by atoms with Crippen LogP contribution < -0.4 is 5.32 Å². The van der Waals surface area contributed by atoms with Gasteiger partial charge in [-0.1, -0.05) is 23.7 Å². The Morgan fingerprint density at radius 1 is 1.21 bits per heavy atom. The first-order valence-corrected chi connectivity index (χ1v) is 5.79. The van der Waals surface area contributed by atoms with Crippen LogP contribution >= 0.6 is 11.6 Å². The predicted molar refractivity (Wildman–Crippen MR) is 71.2 cm³/mol. The highest BCUT2D eigenvalue weighted by Crippen LogP contribution is 2.19. The highest BCUT2D eigenvalue weighted by molar-refractivity contribution is 6.34. The maximum absolute atomic E-state index is 12.9. The van der Waals surface area contributed by atoms with Crippen molar-refractivity contribution in [3.8, 4) is 0 Å². The van der Waals surface area contributed by atoms with Gasteiger partial charge in [-0.05, 0) is 30.3 Å². The summed E-state index contributed by atoms with van der Waals surface area (Å²) in [5, 5.41) is 2.62. The molecule has 3 nitrogen and oxygen atoms in total. The van der Waals surface area contributed by atoms with E-state index >= 15 is 0 Å². The average molecular weight is 278 g/mol. The minimum atomic E-state index is -0.510. The summed E-state index contributed by atoms with van der Waals surface area (Å²) < 4.78 is 12.9. The Bertz CT molecular complexity index is 643. The van der Waals surface area contributed by atoms with E-state index in [0.29, 0.717) is 17.5 Å². The molecule has 2 aromatic carbocycles. The molecule has 1 N–H and O–H groups in total. The van der Waals surface area contributed by atoms with E-state index in [-0.39, 0.29) is 10.6 Å². The van der Waals surface area contributed by atoms with Crippen molar-refractivity contribution < 1.29 is 14.0 Å². The second-order valence-electron chi connectivity index (χ2n) is 3.82. The zero-order chi connectivity index (χ0) is 13.8. The molecule has 0 aliphatic rings. The van der Waals surface area contributed by atoms with Crippen LogP contribution in [0.3, 0.4) is 0 Å². The monoisotopic (exact) mass is 277 g/mol. The van der Waals surface area contributed by atoms with Crippen LogP contribution in [-0.4, -0.2) is 12.2 Å². The summed E-state index contributed by atoms with van der Waals surface area (Å²) in [6.07, 6.45) is 0.681. The van der Waals surface area contributed by atoms with E-state index in [1.807, 2.05) is 0 Å². The largest absolute Gasteiger partial charge is 0.322 e. The number of rotatable bonds is 3. The molecule has 0 heterocycles. The zero-order valence-electron chi connectivity index (χ0n) is 9.69. The van der Waals surface area contributed by atoms with E-state index in [0.717, 1.165) is 12.1 Å². The fraction of sp³-hybridized carbons (Fsp3) is 0. The van der Waals surface area contributed by atoms with E-state index in [1.165, 1.54) is 12.1 Å². The first-order chi connectivity index (χ1) is 9.10. The van der Waals surface area contributed by atoms with E-state index in [9.17, 15) is 14.0 Å². The van der Waals surface area contributed by atoms with E-state index < -0.39 is 11.7 Å². The number of anilines is 1. The number of amides is 1. The van der Waals surface area contributed by atoms with Crippen LogP contribution in [0.1, 0.15) is 20.7 Å². The van der Waals surface area contributed by atoms with Gasteiger partial charge in [0.2, 0.25) is 0 Å². The fourth-order valence-corrected chi connectivity index (χ4v) is 1.81. The molecule has 0 aliphatic carbocycles. The summed E-state index contributed by atoms with van der Waals surface area (Å²) >= 11 is 5.79. The SMILES string of the molecule is O=Cc1cccc(NC(=O)c2ccc(F)cc2Cl)c1. The first-order valence-electron chi connectivity index (χ1n) is 5.42. The fourth-order valence-electron chi connectivity index (χ4n) is 1.56. The summed E-state index contributed by atoms with van der Waals surface area (Å²) in [5.41, 5.74) is 1.08. The Balaban J connectivity index is 2.22. The first kappa shape index (κ1) is 13.2. The molecule has 0 unspecified atom stereocenters. The molecule has 0 bridgehead atoms. The Morgan fingerprint density at radius 3 is 2.68 bits per heavy atom. The van der Waals surface area contributed by atoms with Crippen molar-refractivity contribution in [2.24, 2.45) is 0 Å². The Hall–Kier alpha value is -2.20. The van der Waals surface area contributed by atoms with Crippen LogP contribution in [0.25, 0.3) is 0 Å². The number of nitrogens with one attached hydrogen (secondary N) is 1. The number of halogens is 2. The van der Waals surface area contributed by atoms with Gasteiger partial charge in [0.25, 0.3) is 5.91 Å². The number of aldehydes is 1. The molecule has 0 fully saturated rings. The van der Waals surface area contributed by atoms with Gasteiger partial charge in [0.1, 0.15) is 12.1 Å². The molecule has 96 valence electrons. The zero-order valence-corrected chi connectivity index (χ0v) is 10.4. The van der Waals surface area contributed by atoms with Crippen LogP contribution in [0.5, 0.6) is 0 Å². The van der Waals surface area contributed by atoms with Crippen molar-refractivity contribution in [3.63, 3.8) is 0 Å². The normalized spacial score (nSPS) is 10.0. The van der Waals surface area contributed by atoms with Crippen LogP contribution in [0.4, 0.5) is 10.1 Å². The summed E-state index contributed by atoms with van der Waals surface area (Å²) in [4.78, 5) is 22.6. The van der Waals surface area contributed by atoms with E-state index in [1.54, 1.807) is 18.2 Å². The highest BCUT2D eigenvalue weighted by atomic mass is 35.5. The van der Waals surface area contributed by atoms with Crippen molar-refractivity contribution in [2.45, 2.75) is 0 Å². The molecule has 0 saturated heterocycles. The van der Waals surface area contributed by atoms with E-state index in [4.69, 9.17) is 11.6 Å². The number of hydrogen-bond acceptors (Lipinski definition) is 2. The topological polar surface area (TPSA) is 46.2 Å². The second kappa shape index (κ2) is 5.63. The van der Waals surface area contributed by atoms with Crippen molar-refractivity contribution in [1.82, 2.24) is 0 Å². The molecule has 5 heteroatoms. The number of hydrogen-bond donors (Lipinski definition) is 1. The predicted octanol–water partition coefficient (Wildman–Crippen LogP) is 3.54. The summed E-state index contributed by atoms with van der Waals surface area (Å²) in [7, 11) is 0. The molecule has 0 aromatic heterocycles. The average Bonchev–Trinajstić information content (AvgIpc) is 2.38. The van der Waals surface area contributed by atoms with Gasteiger partial charge < -0.3 is 5.32 Å². The van der Waals surface area contributed by atoms with Crippen molar-refractivity contribution in [3.05, 3.63) is 64.4 Å². The molecule has 2 rings (SSSR count). The van der Waals surface area contributed by atoms with Gasteiger partial charge in [0, 0.05) is 11.3 Å². The van der Waals surface area contributed by atoms with Crippen LogP contribution in [0, 0.1) is 5.82 Å². The van der Waals surface area contributed by atoms with E-state index in [2.05, 4.69) is 5.32 Å². The van der Waals surface area contributed by atoms with Gasteiger partial charge in [0.05, 0.1) is 10.6 Å². The lowest BCUT2D eigenvalue weighted by atomic mass is 10.2. The third-order valence-electron chi connectivity index (χ3n) is 2.46. The minimum absolute atomic E-state index is 0.0315. The van der Waals surface area contributed by atoms with Crippen molar-refractivity contribution in [2.75, 3.05) is 5.32 Å². The molecular formula is C14H9ClFNO2. The molecule has 0 spiro atoms. The van der Waals surface area contributed by atoms with Gasteiger partial charge in [0.15, 0.2) is 0 Å². The number of carbonyl (C=O) groups is 2. The molecular weight excluding hydrogens is 269 g/mol. The van der Waals surface area contributed by atoms with Gasteiger partial charge in [-0.2, -0.15) is 0 Å². The van der Waals surface area contributed by atoms with Crippen LogP contribution in [0.15, 0.2) is 42.5 Å². The Kier molecular flexibility index (Phi) is 3.92. The maximum Gasteiger partial charge on any atom is 0.257 e. The Labute approximate surface area is 114 Å². The maximum atomic E-state index is 12.9. The summed E-state index contributed by atoms with van der Waals surface area (Å²) in [5.74, 6) is -0.974. The summed E-state index contributed by atoms with van der Waals surface area (Å²) in [6.45, 7) is 0. The number of carbonyl (C=O) groups excluding carboxylic acids is 2. The molecule has 0 aliphatic heterocycles. The van der Waals surface area contributed by atoms with Crippen LogP contribution in [-0.2, 0) is 0 Å². The molecule has 0 radical (unpaired) electrons. The third-order valence-corrected chi connectivity index (χ3v) is 2.77. The lowest BCUT2D eigenvalue weighted by Gasteiger charge is -2.07. The van der Waals surface area contributed by atoms with Gasteiger partial charge >= 0.3 is 0 Å². The van der Waals surface area contributed by atoms with Gasteiger partial charge in [-0.3, -0.25) is 9.59 Å². The van der Waals surface area contributed by atoms with Gasteiger partial charge in [-0.15, -0.1) is 0 Å². The van der Waals surface area contributed by atoms with Gasteiger partial charge in [-0.25, -0.2) is 4.39 Å². The molecule has 1 amide bonds. The lowest BCUT2D eigenvalue weighted by molar-refractivity contribution is 0.102. The smallest absolute Gasteiger partial charge is 0.257 e. The van der Waals surface area contributed by atoms with Crippen molar-refractivity contribution in [1.29, 1.82) is 0 Å². The quantitative estimate of drug-likeness (QED) is 0.872. The molecule has 0 saturated carbocycles. The second-order valence-corrected chi connectivity index (χ2v) is 4.23. The number of benzene rings is 2. The third kappa shape index (κ3) is 3.17. The minimum Gasteiger partial charge on any atom is -0.322 e. The summed E-state index contributed by atoms with van der Waals surface area (Å²) in [6, 6.07) is 9.96.